The molecule has 0 radical (unpaired) electrons. The fourth-order valence-electron chi connectivity index (χ4n) is 2.07. The molecule has 0 fully saturated rings. The van der Waals surface area contributed by atoms with Gasteiger partial charge in [-0.3, -0.25) is 5.84 Å². The predicted octanol–water partition coefficient (Wildman–Crippen LogP) is 3.27. The molecule has 0 aromatic heterocycles. The number of hydrogen-bond acceptors (Lipinski definition) is 3. The molecule has 0 saturated carbocycles. The van der Waals surface area contributed by atoms with Gasteiger partial charge in [-0.05, 0) is 42.0 Å². The quantitative estimate of drug-likeness (QED) is 0.502. The summed E-state index contributed by atoms with van der Waals surface area (Å²) >= 11 is 1.74. The predicted molar refractivity (Wildman–Crippen MR) is 78.6 cm³/mol. The van der Waals surface area contributed by atoms with Crippen LogP contribution in [-0.2, 0) is 0 Å². The smallest absolute Gasteiger partial charge is 0.0712 e. The molecule has 18 heavy (non-hydrogen) atoms. The Bertz CT molecular complexity index is 508. The number of nitrogens with two attached hydrogens (primary N) is 1. The van der Waals surface area contributed by atoms with E-state index in [4.69, 9.17) is 5.84 Å². The van der Waals surface area contributed by atoms with Gasteiger partial charge in [-0.2, -0.15) is 0 Å². The number of hydrazine groups is 1. The Morgan fingerprint density at radius 2 is 1.72 bits per heavy atom. The van der Waals surface area contributed by atoms with Crippen molar-refractivity contribution in [3.63, 3.8) is 0 Å². The van der Waals surface area contributed by atoms with Crippen LogP contribution in [0.5, 0.6) is 0 Å². The first-order valence-corrected chi connectivity index (χ1v) is 7.14. The van der Waals surface area contributed by atoms with Gasteiger partial charge in [-0.15, -0.1) is 11.8 Å². The number of benzene rings is 2. The monoisotopic (exact) mass is 258 g/mol. The third-order valence-electron chi connectivity index (χ3n) is 3.12. The van der Waals surface area contributed by atoms with E-state index >= 15 is 0 Å². The number of hydrogen-bond donors (Lipinski definition) is 2. The van der Waals surface area contributed by atoms with E-state index in [1.807, 2.05) is 12.1 Å². The summed E-state index contributed by atoms with van der Waals surface area (Å²) in [5, 5.41) is 0. The maximum Gasteiger partial charge on any atom is 0.0712 e. The molecule has 94 valence electrons. The molecular formula is C15H18N2S. The average molecular weight is 258 g/mol. The molecule has 0 aliphatic heterocycles. The van der Waals surface area contributed by atoms with Crippen LogP contribution in [0.1, 0.15) is 22.7 Å². The molecule has 0 heterocycles. The SMILES string of the molecule is CSc1ccc(C(NN)c2ccccc2C)cc1. The second-order valence-corrected chi connectivity index (χ2v) is 5.11. The molecule has 2 nitrogen and oxygen atoms in total. The van der Waals surface area contributed by atoms with Gasteiger partial charge in [0.1, 0.15) is 0 Å². The molecule has 1 atom stereocenters. The molecule has 0 aliphatic carbocycles. The van der Waals surface area contributed by atoms with Crippen LogP contribution in [0.3, 0.4) is 0 Å². The van der Waals surface area contributed by atoms with E-state index in [0.717, 1.165) is 0 Å². The van der Waals surface area contributed by atoms with Crippen molar-refractivity contribution in [1.29, 1.82) is 0 Å². The molecule has 0 spiro atoms. The lowest BCUT2D eigenvalue weighted by molar-refractivity contribution is 0.633. The second kappa shape index (κ2) is 6.05. The minimum atomic E-state index is 0.0436. The van der Waals surface area contributed by atoms with Gasteiger partial charge in [0.25, 0.3) is 0 Å². The molecule has 0 bridgehead atoms. The van der Waals surface area contributed by atoms with Gasteiger partial charge in [0.05, 0.1) is 6.04 Å². The van der Waals surface area contributed by atoms with Crippen LogP contribution in [-0.4, -0.2) is 6.26 Å². The lowest BCUT2D eigenvalue weighted by Crippen LogP contribution is -2.29. The summed E-state index contributed by atoms with van der Waals surface area (Å²) < 4.78 is 0. The van der Waals surface area contributed by atoms with E-state index < -0.39 is 0 Å². The number of aryl methyl sites for hydroxylation is 1. The first kappa shape index (κ1) is 13.1. The summed E-state index contributed by atoms with van der Waals surface area (Å²) in [4.78, 5) is 1.26. The van der Waals surface area contributed by atoms with E-state index in [9.17, 15) is 0 Å². The van der Waals surface area contributed by atoms with Gasteiger partial charge in [0.15, 0.2) is 0 Å². The molecule has 2 aromatic carbocycles. The van der Waals surface area contributed by atoms with Crippen LogP contribution in [0.15, 0.2) is 53.4 Å². The Morgan fingerprint density at radius 3 is 2.28 bits per heavy atom. The highest BCUT2D eigenvalue weighted by Gasteiger charge is 2.13. The zero-order valence-electron chi connectivity index (χ0n) is 10.7. The first-order chi connectivity index (χ1) is 8.76. The van der Waals surface area contributed by atoms with E-state index in [2.05, 4.69) is 55.0 Å². The third kappa shape index (κ3) is 2.75. The average Bonchev–Trinajstić information content (AvgIpc) is 2.42. The molecule has 2 aromatic rings. The minimum absolute atomic E-state index is 0.0436. The van der Waals surface area contributed by atoms with Crippen molar-refractivity contribution in [2.45, 2.75) is 17.9 Å². The van der Waals surface area contributed by atoms with Crippen LogP contribution < -0.4 is 11.3 Å². The largest absolute Gasteiger partial charge is 0.271 e. The molecule has 0 aliphatic rings. The third-order valence-corrected chi connectivity index (χ3v) is 3.86. The van der Waals surface area contributed by atoms with Gasteiger partial charge in [0.2, 0.25) is 0 Å². The highest BCUT2D eigenvalue weighted by molar-refractivity contribution is 7.98. The Kier molecular flexibility index (Phi) is 4.42. The van der Waals surface area contributed by atoms with E-state index in [0.29, 0.717) is 0 Å². The van der Waals surface area contributed by atoms with Crippen molar-refractivity contribution < 1.29 is 0 Å². The normalized spacial score (nSPS) is 12.4. The number of nitrogens with one attached hydrogen (secondary N) is 1. The van der Waals surface area contributed by atoms with E-state index in [1.54, 1.807) is 11.8 Å². The Balaban J connectivity index is 2.36. The molecule has 3 N–H and O–H groups in total. The van der Waals surface area contributed by atoms with Gasteiger partial charge in [-0.25, -0.2) is 5.43 Å². The zero-order chi connectivity index (χ0) is 13.0. The molecule has 3 heteroatoms. The summed E-state index contributed by atoms with van der Waals surface area (Å²) in [6, 6.07) is 16.9. The van der Waals surface area contributed by atoms with Crippen molar-refractivity contribution >= 4 is 11.8 Å². The van der Waals surface area contributed by atoms with Crippen LogP contribution in [0.4, 0.5) is 0 Å². The van der Waals surface area contributed by atoms with Crippen molar-refractivity contribution in [3.8, 4) is 0 Å². The standard InChI is InChI=1S/C15H18N2S/c1-11-5-3-4-6-14(11)15(17-16)12-7-9-13(18-2)10-8-12/h3-10,15,17H,16H2,1-2H3. The van der Waals surface area contributed by atoms with Crippen molar-refractivity contribution in [2.24, 2.45) is 5.84 Å². The Morgan fingerprint density at radius 1 is 1.06 bits per heavy atom. The topological polar surface area (TPSA) is 38.0 Å². The maximum absolute atomic E-state index is 5.72. The van der Waals surface area contributed by atoms with Gasteiger partial charge < -0.3 is 0 Å². The van der Waals surface area contributed by atoms with Gasteiger partial charge in [-0.1, -0.05) is 36.4 Å². The van der Waals surface area contributed by atoms with Crippen LogP contribution in [0.25, 0.3) is 0 Å². The van der Waals surface area contributed by atoms with Crippen LogP contribution in [0, 0.1) is 6.92 Å². The Hall–Kier alpha value is -1.29. The molecule has 1 unspecified atom stereocenters. The van der Waals surface area contributed by atoms with E-state index in [-0.39, 0.29) is 6.04 Å². The van der Waals surface area contributed by atoms with Crippen molar-refractivity contribution in [1.82, 2.24) is 5.43 Å². The van der Waals surface area contributed by atoms with Crippen molar-refractivity contribution in [2.75, 3.05) is 6.26 Å². The molecular weight excluding hydrogens is 240 g/mol. The summed E-state index contributed by atoms with van der Waals surface area (Å²) in [5.41, 5.74) is 6.56. The molecule has 2 rings (SSSR count). The lowest BCUT2D eigenvalue weighted by atomic mass is 9.96. The highest BCUT2D eigenvalue weighted by Crippen LogP contribution is 2.25. The number of rotatable bonds is 4. The first-order valence-electron chi connectivity index (χ1n) is 5.92. The summed E-state index contributed by atoms with van der Waals surface area (Å²) in [5.74, 6) is 5.72. The second-order valence-electron chi connectivity index (χ2n) is 4.23. The van der Waals surface area contributed by atoms with E-state index in [1.165, 1.54) is 21.6 Å². The summed E-state index contributed by atoms with van der Waals surface area (Å²) in [6.45, 7) is 2.11. The molecule has 0 amide bonds. The highest BCUT2D eigenvalue weighted by atomic mass is 32.2. The van der Waals surface area contributed by atoms with Crippen LogP contribution >= 0.6 is 11.8 Å². The molecule has 0 saturated heterocycles. The van der Waals surface area contributed by atoms with Crippen LogP contribution in [0.2, 0.25) is 0 Å². The van der Waals surface area contributed by atoms with Gasteiger partial charge in [0, 0.05) is 4.90 Å². The van der Waals surface area contributed by atoms with Gasteiger partial charge >= 0.3 is 0 Å². The maximum atomic E-state index is 5.72. The number of thioether (sulfide) groups is 1. The lowest BCUT2D eigenvalue weighted by Gasteiger charge is -2.19. The summed E-state index contributed by atoms with van der Waals surface area (Å²) in [6.07, 6.45) is 2.08. The fourth-order valence-corrected chi connectivity index (χ4v) is 2.48. The minimum Gasteiger partial charge on any atom is -0.271 e. The fraction of sp³-hybridized carbons (Fsp3) is 0.200. The van der Waals surface area contributed by atoms with Crippen molar-refractivity contribution in [3.05, 3.63) is 65.2 Å². The Labute approximate surface area is 113 Å². The summed E-state index contributed by atoms with van der Waals surface area (Å²) in [7, 11) is 0. The zero-order valence-corrected chi connectivity index (χ0v) is 11.5.